The summed E-state index contributed by atoms with van der Waals surface area (Å²) in [5, 5.41) is 12.6. The summed E-state index contributed by atoms with van der Waals surface area (Å²) in [5.41, 5.74) is 0.826. The lowest BCUT2D eigenvalue weighted by molar-refractivity contribution is -0.144. The van der Waals surface area contributed by atoms with Gasteiger partial charge in [-0.25, -0.2) is 0 Å². The van der Waals surface area contributed by atoms with Crippen LogP contribution in [-0.2, 0) is 4.79 Å². The summed E-state index contributed by atoms with van der Waals surface area (Å²) in [6.07, 6.45) is 1.61. The third-order valence-electron chi connectivity index (χ3n) is 3.10. The minimum Gasteiger partial charge on any atom is -0.495 e. The number of carboxylic acid groups (broad SMARTS) is 1. The number of ether oxygens (including phenoxy) is 1. The van der Waals surface area contributed by atoms with Crippen LogP contribution in [0.3, 0.4) is 0 Å². The van der Waals surface area contributed by atoms with E-state index in [0.29, 0.717) is 10.8 Å². The molecule has 5 heteroatoms. The summed E-state index contributed by atoms with van der Waals surface area (Å²) < 4.78 is 5.05. The fraction of sp³-hybridized carbons (Fsp3) is 0.417. The van der Waals surface area contributed by atoms with Crippen molar-refractivity contribution in [2.75, 3.05) is 12.4 Å². The first-order valence-electron chi connectivity index (χ1n) is 5.44. The van der Waals surface area contributed by atoms with Crippen LogP contribution in [0, 0.1) is 5.92 Å². The molecule has 0 radical (unpaired) electrons. The van der Waals surface area contributed by atoms with Gasteiger partial charge in [0.15, 0.2) is 0 Å². The Kier molecular flexibility index (Phi) is 3.43. The Bertz CT molecular complexity index is 436. The number of carboxylic acids is 1. The number of aliphatic carboxylic acids is 1. The van der Waals surface area contributed by atoms with Crippen LogP contribution in [0.1, 0.15) is 12.8 Å². The van der Waals surface area contributed by atoms with Crippen molar-refractivity contribution in [2.45, 2.75) is 18.9 Å². The van der Waals surface area contributed by atoms with Crippen LogP contribution in [0.5, 0.6) is 5.75 Å². The van der Waals surface area contributed by atoms with Crippen molar-refractivity contribution < 1.29 is 14.6 Å². The standard InChI is InChI=1S/C12H14ClNO3/c1-17-11-5-2-7(6-9(11)13)14-10-4-3-8(10)12(15)16/h2,5-6,8,10,14H,3-4H2,1H3,(H,15,16). The Morgan fingerprint density at radius 3 is 2.76 bits per heavy atom. The molecule has 1 aromatic carbocycles. The van der Waals surface area contributed by atoms with Crippen molar-refractivity contribution >= 4 is 23.3 Å². The SMILES string of the molecule is COc1ccc(NC2CCC2C(=O)O)cc1Cl. The first-order chi connectivity index (χ1) is 8.11. The molecular weight excluding hydrogens is 242 g/mol. The van der Waals surface area contributed by atoms with Gasteiger partial charge in [0, 0.05) is 11.7 Å². The van der Waals surface area contributed by atoms with E-state index < -0.39 is 5.97 Å². The zero-order chi connectivity index (χ0) is 12.4. The minimum absolute atomic E-state index is 0.00281. The number of hydrogen-bond donors (Lipinski definition) is 2. The number of hydrogen-bond acceptors (Lipinski definition) is 3. The zero-order valence-corrected chi connectivity index (χ0v) is 10.2. The molecule has 17 heavy (non-hydrogen) atoms. The molecule has 4 nitrogen and oxygen atoms in total. The molecule has 0 heterocycles. The highest BCUT2D eigenvalue weighted by atomic mass is 35.5. The van der Waals surface area contributed by atoms with Gasteiger partial charge in [-0.1, -0.05) is 11.6 Å². The van der Waals surface area contributed by atoms with Crippen LogP contribution in [-0.4, -0.2) is 24.2 Å². The molecule has 0 spiro atoms. The van der Waals surface area contributed by atoms with Crippen LogP contribution >= 0.6 is 11.6 Å². The average Bonchev–Trinajstić information content (AvgIpc) is 2.24. The summed E-state index contributed by atoms with van der Waals surface area (Å²) in [6.45, 7) is 0. The van der Waals surface area contributed by atoms with Crippen molar-refractivity contribution in [1.82, 2.24) is 0 Å². The van der Waals surface area contributed by atoms with Crippen molar-refractivity contribution in [3.8, 4) is 5.75 Å². The molecule has 1 saturated carbocycles. The second-order valence-electron chi connectivity index (χ2n) is 4.12. The first kappa shape index (κ1) is 12.0. The largest absolute Gasteiger partial charge is 0.495 e. The quantitative estimate of drug-likeness (QED) is 0.868. The molecule has 92 valence electrons. The Hall–Kier alpha value is -1.42. The molecule has 2 atom stereocenters. The predicted molar refractivity (Wildman–Crippen MR) is 65.8 cm³/mol. The van der Waals surface area contributed by atoms with E-state index in [9.17, 15) is 4.79 Å². The van der Waals surface area contributed by atoms with Gasteiger partial charge in [-0.05, 0) is 31.0 Å². The van der Waals surface area contributed by atoms with E-state index in [2.05, 4.69) is 5.32 Å². The highest BCUT2D eigenvalue weighted by Crippen LogP contribution is 2.33. The smallest absolute Gasteiger partial charge is 0.308 e. The van der Waals surface area contributed by atoms with Gasteiger partial charge in [-0.2, -0.15) is 0 Å². The predicted octanol–water partition coefficient (Wildman–Crippen LogP) is 2.62. The number of halogens is 1. The Morgan fingerprint density at radius 2 is 2.29 bits per heavy atom. The van der Waals surface area contributed by atoms with Crippen LogP contribution in [0.15, 0.2) is 18.2 Å². The van der Waals surface area contributed by atoms with E-state index >= 15 is 0 Å². The van der Waals surface area contributed by atoms with Crippen molar-refractivity contribution in [3.63, 3.8) is 0 Å². The molecule has 0 bridgehead atoms. The van der Waals surface area contributed by atoms with Crippen molar-refractivity contribution in [3.05, 3.63) is 23.2 Å². The van der Waals surface area contributed by atoms with Gasteiger partial charge >= 0.3 is 5.97 Å². The molecule has 1 aliphatic rings. The van der Waals surface area contributed by atoms with E-state index in [1.54, 1.807) is 19.2 Å². The summed E-state index contributed by atoms with van der Waals surface area (Å²) in [7, 11) is 1.56. The van der Waals surface area contributed by atoms with E-state index in [4.69, 9.17) is 21.4 Å². The summed E-state index contributed by atoms with van der Waals surface area (Å²) in [4.78, 5) is 10.9. The van der Waals surface area contributed by atoms with Crippen molar-refractivity contribution in [2.24, 2.45) is 5.92 Å². The van der Waals surface area contributed by atoms with Gasteiger partial charge in [0.25, 0.3) is 0 Å². The summed E-state index contributed by atoms with van der Waals surface area (Å²) in [5.74, 6) is -0.426. The molecule has 0 saturated heterocycles. The molecular formula is C12H14ClNO3. The summed E-state index contributed by atoms with van der Waals surface area (Å²) in [6, 6.07) is 5.34. The van der Waals surface area contributed by atoms with Crippen molar-refractivity contribution in [1.29, 1.82) is 0 Å². The third kappa shape index (κ3) is 2.47. The first-order valence-corrected chi connectivity index (χ1v) is 5.82. The molecule has 1 aliphatic carbocycles. The monoisotopic (exact) mass is 255 g/mol. The topological polar surface area (TPSA) is 58.6 Å². The van der Waals surface area contributed by atoms with Gasteiger partial charge in [-0.3, -0.25) is 4.79 Å². The van der Waals surface area contributed by atoms with Gasteiger partial charge in [-0.15, -0.1) is 0 Å². The maximum Gasteiger partial charge on any atom is 0.308 e. The van der Waals surface area contributed by atoms with Crippen LogP contribution in [0.4, 0.5) is 5.69 Å². The van der Waals surface area contributed by atoms with Crippen LogP contribution < -0.4 is 10.1 Å². The molecule has 0 amide bonds. The maximum absolute atomic E-state index is 10.9. The lowest BCUT2D eigenvalue weighted by Gasteiger charge is -2.34. The molecule has 0 aliphatic heterocycles. The second kappa shape index (κ2) is 4.84. The van der Waals surface area contributed by atoms with Gasteiger partial charge in [0.1, 0.15) is 5.75 Å². The molecule has 1 aromatic rings. The zero-order valence-electron chi connectivity index (χ0n) is 9.44. The second-order valence-corrected chi connectivity index (χ2v) is 4.53. The number of rotatable bonds is 4. The van der Waals surface area contributed by atoms with E-state index in [1.807, 2.05) is 6.07 Å². The fourth-order valence-corrected chi connectivity index (χ4v) is 2.20. The summed E-state index contributed by atoms with van der Waals surface area (Å²) >= 11 is 5.99. The number of anilines is 1. The van der Waals surface area contributed by atoms with Crippen LogP contribution in [0.25, 0.3) is 0 Å². The maximum atomic E-state index is 10.9. The fourth-order valence-electron chi connectivity index (χ4n) is 1.94. The van der Waals surface area contributed by atoms with Crippen LogP contribution in [0.2, 0.25) is 5.02 Å². The Morgan fingerprint density at radius 1 is 1.53 bits per heavy atom. The Labute approximate surface area is 105 Å². The molecule has 1 fully saturated rings. The molecule has 2 rings (SSSR count). The van der Waals surface area contributed by atoms with E-state index in [1.165, 1.54) is 0 Å². The highest BCUT2D eigenvalue weighted by molar-refractivity contribution is 6.32. The van der Waals surface area contributed by atoms with E-state index in [-0.39, 0.29) is 12.0 Å². The number of nitrogens with one attached hydrogen (secondary N) is 1. The van der Waals surface area contributed by atoms with Gasteiger partial charge in [0.05, 0.1) is 18.1 Å². The van der Waals surface area contributed by atoms with E-state index in [0.717, 1.165) is 18.5 Å². The molecule has 0 aromatic heterocycles. The van der Waals surface area contributed by atoms with Gasteiger partial charge in [0.2, 0.25) is 0 Å². The third-order valence-corrected chi connectivity index (χ3v) is 3.39. The number of carbonyl (C=O) groups is 1. The number of methoxy groups -OCH3 is 1. The molecule has 2 unspecified atom stereocenters. The normalized spacial score (nSPS) is 22.7. The van der Waals surface area contributed by atoms with Gasteiger partial charge < -0.3 is 15.2 Å². The Balaban J connectivity index is 2.04. The highest BCUT2D eigenvalue weighted by Gasteiger charge is 2.36. The average molecular weight is 256 g/mol. The number of benzene rings is 1. The lowest BCUT2D eigenvalue weighted by atomic mass is 9.79. The lowest BCUT2D eigenvalue weighted by Crippen LogP contribution is -2.42. The minimum atomic E-state index is -0.742. The molecule has 2 N–H and O–H groups in total.